The summed E-state index contributed by atoms with van der Waals surface area (Å²) in [7, 11) is 1.65. The highest BCUT2D eigenvalue weighted by Gasteiger charge is 2.39. The Morgan fingerprint density at radius 2 is 1.89 bits per heavy atom. The molecule has 1 heterocycles. The number of ether oxygens (including phenoxy) is 2. The lowest BCUT2D eigenvalue weighted by molar-refractivity contribution is -0.130. The topological polar surface area (TPSA) is 59.6 Å². The van der Waals surface area contributed by atoms with E-state index in [1.807, 2.05) is 36.4 Å². The lowest BCUT2D eigenvalue weighted by atomic mass is 9.78. The molecule has 2 aromatic rings. The number of benzene rings is 2. The van der Waals surface area contributed by atoms with Crippen molar-refractivity contribution < 1.29 is 14.3 Å². The van der Waals surface area contributed by atoms with Crippen molar-refractivity contribution in [2.75, 3.05) is 32.1 Å². The Labute approximate surface area is 173 Å². The Kier molecular flexibility index (Phi) is 8.30. The molecule has 0 radical (unpaired) electrons. The van der Waals surface area contributed by atoms with E-state index in [1.165, 1.54) is 5.56 Å². The number of nitrogens with one attached hydrogen (secondary N) is 2. The number of carbonyl (C=O) groups excluding carboxylic acids is 1. The summed E-state index contributed by atoms with van der Waals surface area (Å²) in [5.41, 5.74) is 2.63. The molecule has 0 saturated carbocycles. The van der Waals surface area contributed by atoms with Gasteiger partial charge in [0.2, 0.25) is 5.91 Å². The lowest BCUT2D eigenvalue weighted by Crippen LogP contribution is -2.47. The van der Waals surface area contributed by atoms with E-state index in [9.17, 15) is 4.79 Å². The summed E-state index contributed by atoms with van der Waals surface area (Å²) < 4.78 is 11.3. The summed E-state index contributed by atoms with van der Waals surface area (Å²) in [6.07, 6.45) is 1.55. The number of aryl methyl sites for hydroxylation is 1. The minimum absolute atomic E-state index is 0. The number of anilines is 1. The van der Waals surface area contributed by atoms with Gasteiger partial charge in [0.25, 0.3) is 0 Å². The molecular formula is C22H29ClN2O3. The van der Waals surface area contributed by atoms with E-state index in [0.717, 1.165) is 42.9 Å². The van der Waals surface area contributed by atoms with Gasteiger partial charge in [-0.15, -0.1) is 12.4 Å². The Bertz CT molecular complexity index is 770. The monoisotopic (exact) mass is 404 g/mol. The average molecular weight is 405 g/mol. The minimum atomic E-state index is -0.474. The third kappa shape index (κ3) is 5.47. The molecule has 2 aromatic carbocycles. The molecular weight excluding hydrogens is 376 g/mol. The maximum atomic E-state index is 13.0. The van der Waals surface area contributed by atoms with Gasteiger partial charge in [-0.2, -0.15) is 0 Å². The summed E-state index contributed by atoms with van der Waals surface area (Å²) in [5.74, 6) is 0.754. The Morgan fingerprint density at radius 1 is 1.14 bits per heavy atom. The highest BCUT2D eigenvalue weighted by Crippen LogP contribution is 2.31. The molecule has 3 rings (SSSR count). The zero-order valence-electron chi connectivity index (χ0n) is 16.5. The molecule has 0 bridgehead atoms. The minimum Gasteiger partial charge on any atom is -0.489 e. The van der Waals surface area contributed by atoms with Crippen molar-refractivity contribution in [2.45, 2.75) is 26.4 Å². The van der Waals surface area contributed by atoms with Crippen molar-refractivity contribution in [2.24, 2.45) is 5.41 Å². The van der Waals surface area contributed by atoms with Crippen LogP contribution in [0.2, 0.25) is 0 Å². The fraction of sp³-hybridized carbons (Fsp3) is 0.409. The van der Waals surface area contributed by atoms with Gasteiger partial charge in [-0.25, -0.2) is 0 Å². The maximum absolute atomic E-state index is 13.0. The standard InChI is InChI=1S/C22H28N2O3.ClH/c1-17-6-3-4-7-18(17)15-27-20-9-5-8-19(14-20)24-21(25)22(16-26-2)10-12-23-13-11-22;/h3-9,14,23H,10-13,15-16H2,1-2H3,(H,24,25);1H. The number of carbonyl (C=O) groups is 1. The molecule has 5 nitrogen and oxygen atoms in total. The van der Waals surface area contributed by atoms with Gasteiger partial charge < -0.3 is 20.1 Å². The molecule has 1 aliphatic rings. The molecule has 1 saturated heterocycles. The van der Waals surface area contributed by atoms with Gasteiger partial charge in [-0.05, 0) is 56.1 Å². The first-order valence-electron chi connectivity index (χ1n) is 9.41. The van der Waals surface area contributed by atoms with Crippen LogP contribution in [0.15, 0.2) is 48.5 Å². The van der Waals surface area contributed by atoms with E-state index >= 15 is 0 Å². The predicted molar refractivity (Wildman–Crippen MR) is 114 cm³/mol. The van der Waals surface area contributed by atoms with Gasteiger partial charge in [0.05, 0.1) is 12.0 Å². The highest BCUT2D eigenvalue weighted by atomic mass is 35.5. The molecule has 0 atom stereocenters. The first-order valence-corrected chi connectivity index (χ1v) is 9.41. The SMILES string of the molecule is COCC1(C(=O)Nc2cccc(OCc3ccccc3C)c2)CCNCC1.Cl. The van der Waals surface area contributed by atoms with Crippen LogP contribution >= 0.6 is 12.4 Å². The van der Waals surface area contributed by atoms with E-state index in [2.05, 4.69) is 29.7 Å². The molecule has 0 aromatic heterocycles. The van der Waals surface area contributed by atoms with Gasteiger partial charge in [-0.3, -0.25) is 4.79 Å². The van der Waals surface area contributed by atoms with E-state index in [-0.39, 0.29) is 18.3 Å². The van der Waals surface area contributed by atoms with Gasteiger partial charge in [-0.1, -0.05) is 30.3 Å². The number of methoxy groups -OCH3 is 1. The molecule has 152 valence electrons. The van der Waals surface area contributed by atoms with E-state index in [0.29, 0.717) is 13.2 Å². The molecule has 0 unspecified atom stereocenters. The van der Waals surface area contributed by atoms with Crippen molar-refractivity contribution in [3.8, 4) is 5.75 Å². The number of hydrogen-bond acceptors (Lipinski definition) is 4. The Balaban J connectivity index is 0.00000280. The summed E-state index contributed by atoms with van der Waals surface area (Å²) in [6, 6.07) is 15.7. The van der Waals surface area contributed by atoms with Crippen LogP contribution in [0.3, 0.4) is 0 Å². The van der Waals surface area contributed by atoms with E-state index < -0.39 is 5.41 Å². The number of piperidine rings is 1. The normalized spacial score (nSPS) is 15.4. The van der Waals surface area contributed by atoms with Crippen LogP contribution in [-0.4, -0.2) is 32.7 Å². The average Bonchev–Trinajstić information content (AvgIpc) is 2.68. The fourth-order valence-electron chi connectivity index (χ4n) is 3.48. The van der Waals surface area contributed by atoms with Crippen LogP contribution < -0.4 is 15.4 Å². The summed E-state index contributed by atoms with van der Waals surface area (Å²) in [5, 5.41) is 6.37. The highest BCUT2D eigenvalue weighted by molar-refractivity contribution is 5.95. The van der Waals surface area contributed by atoms with Crippen LogP contribution in [0, 0.1) is 12.3 Å². The second-order valence-electron chi connectivity index (χ2n) is 7.16. The molecule has 2 N–H and O–H groups in total. The summed E-state index contributed by atoms with van der Waals surface area (Å²) in [4.78, 5) is 13.0. The van der Waals surface area contributed by atoms with Crippen molar-refractivity contribution in [1.82, 2.24) is 5.32 Å². The first kappa shape index (κ1) is 22.2. The molecule has 0 spiro atoms. The number of hydrogen-bond donors (Lipinski definition) is 2. The smallest absolute Gasteiger partial charge is 0.233 e. The molecule has 1 fully saturated rings. The van der Waals surface area contributed by atoms with E-state index in [1.54, 1.807) is 7.11 Å². The van der Waals surface area contributed by atoms with Gasteiger partial charge >= 0.3 is 0 Å². The van der Waals surface area contributed by atoms with Crippen LogP contribution in [-0.2, 0) is 16.1 Å². The van der Waals surface area contributed by atoms with Gasteiger partial charge in [0.15, 0.2) is 0 Å². The van der Waals surface area contributed by atoms with Gasteiger partial charge in [0.1, 0.15) is 12.4 Å². The van der Waals surface area contributed by atoms with Crippen molar-refractivity contribution in [3.05, 3.63) is 59.7 Å². The fourth-order valence-corrected chi connectivity index (χ4v) is 3.48. The first-order chi connectivity index (χ1) is 13.1. The molecule has 0 aliphatic carbocycles. The quantitative estimate of drug-likeness (QED) is 0.733. The second kappa shape index (κ2) is 10.5. The third-order valence-electron chi connectivity index (χ3n) is 5.21. The lowest BCUT2D eigenvalue weighted by Gasteiger charge is -2.35. The van der Waals surface area contributed by atoms with Crippen molar-refractivity contribution >= 4 is 24.0 Å². The predicted octanol–water partition coefficient (Wildman–Crippen LogP) is 3.95. The van der Waals surface area contributed by atoms with Crippen LogP contribution in [0.5, 0.6) is 5.75 Å². The molecule has 6 heteroatoms. The zero-order chi connectivity index (χ0) is 19.1. The largest absolute Gasteiger partial charge is 0.489 e. The summed E-state index contributed by atoms with van der Waals surface area (Å²) >= 11 is 0. The molecule has 28 heavy (non-hydrogen) atoms. The van der Waals surface area contributed by atoms with Crippen LogP contribution in [0.1, 0.15) is 24.0 Å². The van der Waals surface area contributed by atoms with Gasteiger partial charge in [0, 0.05) is 18.9 Å². The van der Waals surface area contributed by atoms with Crippen molar-refractivity contribution in [1.29, 1.82) is 0 Å². The number of amides is 1. The maximum Gasteiger partial charge on any atom is 0.233 e. The van der Waals surface area contributed by atoms with Crippen LogP contribution in [0.25, 0.3) is 0 Å². The Hall–Kier alpha value is -2.08. The number of rotatable bonds is 7. The zero-order valence-corrected chi connectivity index (χ0v) is 17.3. The second-order valence-corrected chi connectivity index (χ2v) is 7.16. The molecule has 1 aliphatic heterocycles. The third-order valence-corrected chi connectivity index (χ3v) is 5.21. The molecule has 1 amide bonds. The summed E-state index contributed by atoms with van der Waals surface area (Å²) in [6.45, 7) is 4.67. The van der Waals surface area contributed by atoms with Crippen molar-refractivity contribution in [3.63, 3.8) is 0 Å². The number of halogens is 1. The van der Waals surface area contributed by atoms with Crippen LogP contribution in [0.4, 0.5) is 5.69 Å². The van der Waals surface area contributed by atoms with E-state index in [4.69, 9.17) is 9.47 Å². The Morgan fingerprint density at radius 3 is 2.61 bits per heavy atom.